The second-order valence-corrected chi connectivity index (χ2v) is 3.76. The van der Waals surface area contributed by atoms with E-state index in [0.717, 1.165) is 12.5 Å². The molecule has 74 valence electrons. The first-order valence-corrected chi connectivity index (χ1v) is 5.06. The van der Waals surface area contributed by atoms with Gasteiger partial charge in [0.1, 0.15) is 5.76 Å². The van der Waals surface area contributed by atoms with Crippen molar-refractivity contribution in [1.82, 2.24) is 5.32 Å². The summed E-state index contributed by atoms with van der Waals surface area (Å²) in [6.07, 6.45) is 5.50. The van der Waals surface area contributed by atoms with Gasteiger partial charge in [0.15, 0.2) is 6.04 Å². The monoisotopic (exact) mass is 190 g/mol. The van der Waals surface area contributed by atoms with E-state index < -0.39 is 0 Å². The van der Waals surface area contributed by atoms with Crippen LogP contribution in [0.25, 0.3) is 0 Å². The molecule has 1 heterocycles. The summed E-state index contributed by atoms with van der Waals surface area (Å²) in [7, 11) is 0. The van der Waals surface area contributed by atoms with Crippen LogP contribution in [0.15, 0.2) is 22.8 Å². The predicted molar refractivity (Wildman–Crippen MR) is 52.4 cm³/mol. The molecule has 1 atom stereocenters. The van der Waals surface area contributed by atoms with Crippen molar-refractivity contribution in [3.05, 3.63) is 24.2 Å². The first-order chi connectivity index (χ1) is 6.90. The lowest BCUT2D eigenvalue weighted by atomic mass is 10.2. The summed E-state index contributed by atoms with van der Waals surface area (Å²) in [5.74, 6) is 1.61. The molecule has 0 bridgehead atoms. The number of nitriles is 1. The van der Waals surface area contributed by atoms with Gasteiger partial charge in [-0.25, -0.2) is 0 Å². The smallest absolute Gasteiger partial charge is 0.154 e. The lowest BCUT2D eigenvalue weighted by Crippen LogP contribution is -2.21. The van der Waals surface area contributed by atoms with Crippen LogP contribution in [0.3, 0.4) is 0 Å². The lowest BCUT2D eigenvalue weighted by molar-refractivity contribution is 0.451. The van der Waals surface area contributed by atoms with E-state index in [2.05, 4.69) is 11.4 Å². The van der Waals surface area contributed by atoms with Gasteiger partial charge in [0.2, 0.25) is 0 Å². The van der Waals surface area contributed by atoms with Crippen LogP contribution in [0.2, 0.25) is 0 Å². The van der Waals surface area contributed by atoms with Gasteiger partial charge >= 0.3 is 0 Å². The zero-order valence-corrected chi connectivity index (χ0v) is 8.07. The highest BCUT2D eigenvalue weighted by atomic mass is 16.3. The van der Waals surface area contributed by atoms with E-state index in [1.54, 1.807) is 6.26 Å². The minimum atomic E-state index is -0.288. The molecule has 0 radical (unpaired) electrons. The topological polar surface area (TPSA) is 49.0 Å². The maximum absolute atomic E-state index is 8.91. The van der Waals surface area contributed by atoms with Crippen LogP contribution in [0, 0.1) is 17.2 Å². The zero-order valence-electron chi connectivity index (χ0n) is 8.07. The Morgan fingerprint density at radius 1 is 1.64 bits per heavy atom. The van der Waals surface area contributed by atoms with E-state index in [1.165, 1.54) is 19.3 Å². The number of rotatable bonds is 5. The second kappa shape index (κ2) is 4.30. The predicted octanol–water partition coefficient (Wildman–Crippen LogP) is 2.23. The Bertz CT molecular complexity index is 309. The quantitative estimate of drug-likeness (QED) is 0.774. The van der Waals surface area contributed by atoms with Crippen molar-refractivity contribution in [2.45, 2.75) is 25.3 Å². The van der Waals surface area contributed by atoms with E-state index in [4.69, 9.17) is 9.68 Å². The second-order valence-electron chi connectivity index (χ2n) is 3.76. The Labute approximate surface area is 83.7 Å². The average Bonchev–Trinajstić information content (AvgIpc) is 2.86. The van der Waals surface area contributed by atoms with Crippen LogP contribution in [-0.4, -0.2) is 6.54 Å². The minimum absolute atomic E-state index is 0.288. The van der Waals surface area contributed by atoms with Gasteiger partial charge in [0.05, 0.1) is 12.3 Å². The number of nitrogens with one attached hydrogen (secondary N) is 1. The lowest BCUT2D eigenvalue weighted by Gasteiger charge is -2.07. The van der Waals surface area contributed by atoms with Gasteiger partial charge in [-0.05, 0) is 31.0 Å². The molecular formula is C11H14N2O. The van der Waals surface area contributed by atoms with Crippen LogP contribution in [0.5, 0.6) is 0 Å². The molecule has 1 unspecified atom stereocenters. The molecule has 1 aromatic heterocycles. The Balaban J connectivity index is 1.78. The molecule has 0 aliphatic heterocycles. The first-order valence-electron chi connectivity index (χ1n) is 5.06. The van der Waals surface area contributed by atoms with Gasteiger partial charge in [-0.2, -0.15) is 5.26 Å². The van der Waals surface area contributed by atoms with Crippen molar-refractivity contribution in [2.24, 2.45) is 5.92 Å². The molecule has 3 nitrogen and oxygen atoms in total. The van der Waals surface area contributed by atoms with Gasteiger partial charge in [0, 0.05) is 0 Å². The normalized spacial score (nSPS) is 17.6. The van der Waals surface area contributed by atoms with Crippen molar-refractivity contribution >= 4 is 0 Å². The standard InChI is InChI=1S/C11H14N2O/c12-8-10(11-2-1-7-14-11)13-6-5-9-3-4-9/h1-2,7,9-10,13H,3-6H2. The fourth-order valence-corrected chi connectivity index (χ4v) is 1.50. The number of hydrogen-bond acceptors (Lipinski definition) is 3. The van der Waals surface area contributed by atoms with Crippen LogP contribution < -0.4 is 5.32 Å². The van der Waals surface area contributed by atoms with Crippen LogP contribution >= 0.6 is 0 Å². The van der Waals surface area contributed by atoms with E-state index in [-0.39, 0.29) is 6.04 Å². The fraction of sp³-hybridized carbons (Fsp3) is 0.545. The summed E-state index contributed by atoms with van der Waals surface area (Å²) in [6.45, 7) is 0.906. The van der Waals surface area contributed by atoms with Gasteiger partial charge in [-0.15, -0.1) is 0 Å². The molecular weight excluding hydrogens is 176 g/mol. The molecule has 1 saturated carbocycles. The van der Waals surface area contributed by atoms with E-state index in [1.807, 2.05) is 12.1 Å². The maximum Gasteiger partial charge on any atom is 0.154 e. The van der Waals surface area contributed by atoms with Crippen LogP contribution in [-0.2, 0) is 0 Å². The molecule has 0 aromatic carbocycles. The van der Waals surface area contributed by atoms with E-state index in [9.17, 15) is 0 Å². The first kappa shape index (κ1) is 9.29. The van der Waals surface area contributed by atoms with Gasteiger partial charge in [-0.3, -0.25) is 5.32 Å². The van der Waals surface area contributed by atoms with Crippen LogP contribution in [0.4, 0.5) is 0 Å². The summed E-state index contributed by atoms with van der Waals surface area (Å²) >= 11 is 0. The van der Waals surface area contributed by atoms with Crippen molar-refractivity contribution in [3.63, 3.8) is 0 Å². The summed E-state index contributed by atoms with van der Waals surface area (Å²) in [5, 5.41) is 12.1. The average molecular weight is 190 g/mol. The SMILES string of the molecule is N#CC(NCCC1CC1)c1ccco1. The van der Waals surface area contributed by atoms with Crippen molar-refractivity contribution in [1.29, 1.82) is 5.26 Å². The molecule has 0 saturated heterocycles. The third-order valence-corrected chi connectivity index (χ3v) is 2.55. The Morgan fingerprint density at radius 3 is 3.07 bits per heavy atom. The molecule has 1 aliphatic carbocycles. The number of nitrogens with zero attached hydrogens (tertiary/aromatic N) is 1. The Hall–Kier alpha value is -1.27. The largest absolute Gasteiger partial charge is 0.467 e. The van der Waals surface area contributed by atoms with Gasteiger partial charge in [0.25, 0.3) is 0 Å². The van der Waals surface area contributed by atoms with E-state index in [0.29, 0.717) is 5.76 Å². The van der Waals surface area contributed by atoms with Crippen LogP contribution in [0.1, 0.15) is 31.1 Å². The third kappa shape index (κ3) is 2.36. The number of furan rings is 1. The Morgan fingerprint density at radius 2 is 2.50 bits per heavy atom. The molecule has 0 spiro atoms. The third-order valence-electron chi connectivity index (χ3n) is 2.55. The summed E-state index contributed by atoms with van der Waals surface area (Å²) in [5.41, 5.74) is 0. The highest BCUT2D eigenvalue weighted by Gasteiger charge is 2.21. The van der Waals surface area contributed by atoms with Gasteiger partial charge in [-0.1, -0.05) is 12.8 Å². The highest BCUT2D eigenvalue weighted by Crippen LogP contribution is 2.31. The van der Waals surface area contributed by atoms with Crippen molar-refractivity contribution in [3.8, 4) is 6.07 Å². The summed E-state index contributed by atoms with van der Waals surface area (Å²) in [4.78, 5) is 0. The zero-order chi connectivity index (χ0) is 9.80. The summed E-state index contributed by atoms with van der Waals surface area (Å²) in [6, 6.07) is 5.54. The molecule has 1 N–H and O–H groups in total. The maximum atomic E-state index is 8.91. The molecule has 2 rings (SSSR count). The van der Waals surface area contributed by atoms with Crippen molar-refractivity contribution < 1.29 is 4.42 Å². The fourth-order valence-electron chi connectivity index (χ4n) is 1.50. The summed E-state index contributed by atoms with van der Waals surface area (Å²) < 4.78 is 5.17. The van der Waals surface area contributed by atoms with E-state index >= 15 is 0 Å². The Kier molecular flexibility index (Phi) is 2.85. The van der Waals surface area contributed by atoms with Gasteiger partial charge < -0.3 is 4.42 Å². The molecule has 3 heteroatoms. The molecule has 0 amide bonds. The molecule has 1 aromatic rings. The molecule has 1 fully saturated rings. The molecule has 14 heavy (non-hydrogen) atoms. The molecule has 1 aliphatic rings. The van der Waals surface area contributed by atoms with Crippen molar-refractivity contribution in [2.75, 3.05) is 6.54 Å². The minimum Gasteiger partial charge on any atom is -0.467 e. The highest BCUT2D eigenvalue weighted by molar-refractivity contribution is 5.12. The number of hydrogen-bond donors (Lipinski definition) is 1.